The smallest absolute Gasteiger partial charge is 0.166 e. The summed E-state index contributed by atoms with van der Waals surface area (Å²) in [5.41, 5.74) is 14.7. The van der Waals surface area contributed by atoms with Crippen LogP contribution < -0.4 is 0 Å². The molecule has 0 fully saturated rings. The second-order valence-electron chi connectivity index (χ2n) is 16.1. The summed E-state index contributed by atoms with van der Waals surface area (Å²) >= 11 is 0. The summed E-state index contributed by atoms with van der Waals surface area (Å²) in [4.78, 5) is 26.4. The molecule has 0 saturated heterocycles. The minimum atomic E-state index is 0.550. The Labute approximate surface area is 369 Å². The Morgan fingerprint density at radius 1 is 0.312 bits per heavy atom. The Morgan fingerprint density at radius 2 is 0.656 bits per heavy atom. The van der Waals surface area contributed by atoms with Crippen LogP contribution in [0.25, 0.3) is 112 Å². The molecule has 5 heterocycles. The first-order chi connectivity index (χ1) is 31.6. The van der Waals surface area contributed by atoms with E-state index in [1.165, 1.54) is 0 Å². The maximum absolute atomic E-state index is 5.60. The quantitative estimate of drug-likeness (QED) is 0.160. The standard InChI is InChI=1S/C57H39N7/c1-36-18-15-19-37(2)52(36)57-61-55(44-26-16-24-42(46-28-11-13-34-58-46)53(44)63-48-30-7-3-20-38(48)39-21-4-8-31-49(39)63)60-56(62-57)45-27-17-25-43(47-29-12-14-35-59-47)54(45)64-50-32-9-5-22-40(50)41-23-6-10-33-51(41)64/h3-35H,1-2H3. The highest BCUT2D eigenvalue weighted by atomic mass is 15.1. The van der Waals surface area contributed by atoms with Crippen LogP contribution in [-0.4, -0.2) is 34.1 Å². The summed E-state index contributed by atoms with van der Waals surface area (Å²) in [7, 11) is 0. The number of aromatic nitrogens is 7. The van der Waals surface area contributed by atoms with E-state index >= 15 is 0 Å². The van der Waals surface area contributed by atoms with E-state index in [-0.39, 0.29) is 0 Å². The van der Waals surface area contributed by atoms with Crippen molar-refractivity contribution in [3.63, 3.8) is 0 Å². The first-order valence-corrected chi connectivity index (χ1v) is 21.5. The molecular formula is C57H39N7. The van der Waals surface area contributed by atoms with Crippen molar-refractivity contribution in [3.8, 4) is 68.1 Å². The zero-order valence-electron chi connectivity index (χ0n) is 35.2. The Kier molecular flexibility index (Phi) is 8.79. The molecule has 0 amide bonds. The summed E-state index contributed by atoms with van der Waals surface area (Å²) in [6.45, 7) is 4.25. The third-order valence-electron chi connectivity index (χ3n) is 12.4. The molecule has 7 nitrogen and oxygen atoms in total. The molecule has 0 radical (unpaired) electrons. The van der Waals surface area contributed by atoms with Crippen LogP contribution in [0.2, 0.25) is 0 Å². The maximum atomic E-state index is 5.60. The van der Waals surface area contributed by atoms with Crippen LogP contribution in [0.5, 0.6) is 0 Å². The summed E-state index contributed by atoms with van der Waals surface area (Å²) in [5, 5.41) is 4.65. The van der Waals surface area contributed by atoms with Crippen molar-refractivity contribution in [3.05, 3.63) is 212 Å². The van der Waals surface area contributed by atoms with Gasteiger partial charge in [0.25, 0.3) is 0 Å². The molecule has 0 aliphatic rings. The summed E-state index contributed by atoms with van der Waals surface area (Å²) < 4.78 is 4.72. The highest BCUT2D eigenvalue weighted by Gasteiger charge is 2.26. The minimum absolute atomic E-state index is 0.550. The van der Waals surface area contributed by atoms with E-state index in [1.807, 2.05) is 36.7 Å². The van der Waals surface area contributed by atoms with Gasteiger partial charge in [0.05, 0.1) is 44.8 Å². The number of hydrogen-bond acceptors (Lipinski definition) is 5. The SMILES string of the molecule is Cc1cccc(C)c1-c1nc(-c2cccc(-c3ccccn3)c2-n2c3ccccc3c3ccccc32)nc(-c2cccc(-c3ccccn3)c2-n2c3ccccc3c3ccccc32)n1. The number of fused-ring (bicyclic) bond motifs is 6. The number of para-hydroxylation sites is 6. The lowest BCUT2D eigenvalue weighted by Gasteiger charge is -2.20. The highest BCUT2D eigenvalue weighted by Crippen LogP contribution is 2.43. The first kappa shape index (κ1) is 37.2. The highest BCUT2D eigenvalue weighted by molar-refractivity contribution is 6.11. The number of nitrogens with zero attached hydrogens (tertiary/aromatic N) is 7. The van der Waals surface area contributed by atoms with Gasteiger partial charge in [0, 0.05) is 61.8 Å². The second-order valence-corrected chi connectivity index (χ2v) is 16.1. The van der Waals surface area contributed by atoms with E-state index in [4.69, 9.17) is 24.9 Å². The average molecular weight is 822 g/mol. The van der Waals surface area contributed by atoms with Crippen LogP contribution in [0.1, 0.15) is 11.1 Å². The Balaban J connectivity index is 1.22. The van der Waals surface area contributed by atoms with Gasteiger partial charge >= 0.3 is 0 Å². The van der Waals surface area contributed by atoms with Crippen molar-refractivity contribution < 1.29 is 0 Å². The Morgan fingerprint density at radius 3 is 1.05 bits per heavy atom. The molecule has 0 saturated carbocycles. The number of pyridine rings is 2. The van der Waals surface area contributed by atoms with E-state index in [1.54, 1.807) is 0 Å². The van der Waals surface area contributed by atoms with Gasteiger partial charge in [-0.3, -0.25) is 9.97 Å². The molecule has 12 rings (SSSR count). The van der Waals surface area contributed by atoms with Crippen molar-refractivity contribution in [1.82, 2.24) is 34.1 Å². The van der Waals surface area contributed by atoms with Gasteiger partial charge in [-0.1, -0.05) is 127 Å². The first-order valence-electron chi connectivity index (χ1n) is 21.5. The molecule has 5 aromatic heterocycles. The van der Waals surface area contributed by atoms with Crippen LogP contribution in [0.4, 0.5) is 0 Å². The average Bonchev–Trinajstić information content (AvgIpc) is 3.87. The van der Waals surface area contributed by atoms with Gasteiger partial charge in [-0.15, -0.1) is 0 Å². The minimum Gasteiger partial charge on any atom is -0.308 e. The summed E-state index contributed by atoms with van der Waals surface area (Å²) in [6.07, 6.45) is 3.70. The lowest BCUT2D eigenvalue weighted by molar-refractivity contribution is 1.05. The lowest BCUT2D eigenvalue weighted by Crippen LogP contribution is -2.08. The van der Waals surface area contributed by atoms with Gasteiger partial charge in [-0.25, -0.2) is 15.0 Å². The molecule has 0 N–H and O–H groups in total. The van der Waals surface area contributed by atoms with Crippen molar-refractivity contribution in [2.24, 2.45) is 0 Å². The van der Waals surface area contributed by atoms with Crippen LogP contribution in [0, 0.1) is 13.8 Å². The molecule has 302 valence electrons. The summed E-state index contributed by atoms with van der Waals surface area (Å²) in [5.74, 6) is 1.70. The molecule has 7 heteroatoms. The summed E-state index contributed by atoms with van der Waals surface area (Å²) in [6, 6.07) is 65.6. The molecule has 7 aromatic carbocycles. The molecule has 0 aliphatic carbocycles. The third kappa shape index (κ3) is 5.93. The molecule has 0 atom stereocenters. The van der Waals surface area contributed by atoms with Crippen molar-refractivity contribution >= 4 is 43.6 Å². The van der Waals surface area contributed by atoms with Crippen LogP contribution in [-0.2, 0) is 0 Å². The third-order valence-corrected chi connectivity index (χ3v) is 12.4. The zero-order valence-corrected chi connectivity index (χ0v) is 35.2. The fourth-order valence-corrected chi connectivity index (χ4v) is 9.61. The number of rotatable bonds is 7. The fraction of sp³-hybridized carbons (Fsp3) is 0.0351. The molecular weight excluding hydrogens is 783 g/mol. The Hall–Kier alpha value is -8.55. The Bertz CT molecular complexity index is 3410. The van der Waals surface area contributed by atoms with Crippen molar-refractivity contribution in [1.29, 1.82) is 0 Å². The predicted octanol–water partition coefficient (Wildman–Crippen LogP) is 13.8. The van der Waals surface area contributed by atoms with E-state index in [0.717, 1.165) is 105 Å². The van der Waals surface area contributed by atoms with Gasteiger partial charge in [0.2, 0.25) is 0 Å². The number of aryl methyl sites for hydroxylation is 2. The van der Waals surface area contributed by atoms with Crippen LogP contribution in [0.3, 0.4) is 0 Å². The van der Waals surface area contributed by atoms with Crippen LogP contribution >= 0.6 is 0 Å². The van der Waals surface area contributed by atoms with Crippen molar-refractivity contribution in [2.75, 3.05) is 0 Å². The topological polar surface area (TPSA) is 74.3 Å². The maximum Gasteiger partial charge on any atom is 0.166 e. The molecule has 0 unspecified atom stereocenters. The molecule has 0 aliphatic heterocycles. The lowest BCUT2D eigenvalue weighted by atomic mass is 10.00. The fourth-order valence-electron chi connectivity index (χ4n) is 9.61. The van der Waals surface area contributed by atoms with E-state index in [0.29, 0.717) is 17.5 Å². The van der Waals surface area contributed by atoms with Gasteiger partial charge < -0.3 is 9.13 Å². The molecule has 64 heavy (non-hydrogen) atoms. The normalized spacial score (nSPS) is 11.6. The van der Waals surface area contributed by atoms with Crippen LogP contribution in [0.15, 0.2) is 200 Å². The van der Waals surface area contributed by atoms with Gasteiger partial charge in [0.15, 0.2) is 17.5 Å². The number of benzene rings is 7. The number of hydrogen-bond donors (Lipinski definition) is 0. The molecule has 0 bridgehead atoms. The largest absolute Gasteiger partial charge is 0.308 e. The van der Waals surface area contributed by atoms with E-state index < -0.39 is 0 Å². The van der Waals surface area contributed by atoms with Gasteiger partial charge in [0.1, 0.15) is 0 Å². The second kappa shape index (κ2) is 15.1. The van der Waals surface area contributed by atoms with E-state index in [2.05, 4.69) is 187 Å². The van der Waals surface area contributed by atoms with E-state index in [9.17, 15) is 0 Å². The van der Waals surface area contributed by atoms with Gasteiger partial charge in [-0.05, 0) is 85.6 Å². The molecule has 0 spiro atoms. The zero-order chi connectivity index (χ0) is 42.7. The van der Waals surface area contributed by atoms with Crippen molar-refractivity contribution in [2.45, 2.75) is 13.8 Å². The monoisotopic (exact) mass is 821 g/mol. The molecule has 12 aromatic rings. The van der Waals surface area contributed by atoms with Gasteiger partial charge in [-0.2, -0.15) is 0 Å². The predicted molar refractivity (Wildman–Crippen MR) is 261 cm³/mol.